The summed E-state index contributed by atoms with van der Waals surface area (Å²) in [7, 11) is 0. The monoisotopic (exact) mass is 663 g/mol. The number of fused-ring (bicyclic) bond motifs is 3. The van der Waals surface area contributed by atoms with Crippen LogP contribution in [0.25, 0.3) is 11.3 Å². The molecule has 9 heteroatoms. The van der Waals surface area contributed by atoms with E-state index in [9.17, 15) is 14.7 Å². The Bertz CT molecular complexity index is 2020. The predicted octanol–water partition coefficient (Wildman–Crippen LogP) is 7.36. The number of amides is 1. The van der Waals surface area contributed by atoms with Crippen LogP contribution in [0.15, 0.2) is 128 Å². The topological polar surface area (TPSA) is 102 Å². The Morgan fingerprint density at radius 2 is 1.28 bits per heavy atom. The number of likely N-dealkylation sites (tertiary alicyclic amines) is 1. The number of hydrogen-bond acceptors (Lipinski definition) is 5. The molecule has 2 aliphatic rings. The number of ether oxygens (including phenoxy) is 1. The van der Waals surface area contributed by atoms with Gasteiger partial charge in [0.1, 0.15) is 12.1 Å². The summed E-state index contributed by atoms with van der Waals surface area (Å²) in [6.07, 6.45) is 4.11. The molecule has 1 fully saturated rings. The molecule has 250 valence electrons. The van der Waals surface area contributed by atoms with Crippen molar-refractivity contribution in [1.29, 1.82) is 0 Å². The van der Waals surface area contributed by atoms with E-state index in [1.54, 1.807) is 4.90 Å². The van der Waals surface area contributed by atoms with Gasteiger partial charge in [0.25, 0.3) is 0 Å². The van der Waals surface area contributed by atoms with Gasteiger partial charge in [-0.15, -0.1) is 0 Å². The fourth-order valence-corrected chi connectivity index (χ4v) is 7.67. The lowest BCUT2D eigenvalue weighted by Gasteiger charge is -2.36. The van der Waals surface area contributed by atoms with Gasteiger partial charge in [-0.25, -0.2) is 9.59 Å². The quantitative estimate of drug-likeness (QED) is 0.171. The third-order valence-corrected chi connectivity index (χ3v) is 10.1. The van der Waals surface area contributed by atoms with Gasteiger partial charge in [0.2, 0.25) is 0 Å². The van der Waals surface area contributed by atoms with E-state index >= 15 is 0 Å². The standard InChI is InChI=1S/C41H37N5O4/c47-39(48)37-34-21-22-36-35(38(34)46(43-37)33-23-25-44(26-24-33)40(49)50-28-29-13-5-1-6-14-29)27-45(42-36)41(30-15-7-2-8-16-30,31-17-9-3-10-18-31)32-19-11-4-12-20-32/h1-20,27,33H,21-26,28H2,(H,47,48). The number of nitrogens with zero attached hydrogens (tertiary/aromatic N) is 5. The lowest BCUT2D eigenvalue weighted by molar-refractivity contribution is 0.0687. The van der Waals surface area contributed by atoms with Crippen molar-refractivity contribution in [3.05, 3.63) is 167 Å². The molecule has 1 aliphatic carbocycles. The molecule has 50 heavy (non-hydrogen) atoms. The van der Waals surface area contributed by atoms with E-state index in [1.807, 2.05) is 53.2 Å². The Kier molecular flexibility index (Phi) is 8.24. The van der Waals surface area contributed by atoms with E-state index in [4.69, 9.17) is 14.9 Å². The molecule has 1 aliphatic heterocycles. The zero-order chi connectivity index (χ0) is 34.1. The van der Waals surface area contributed by atoms with Crippen LogP contribution in [-0.4, -0.2) is 54.7 Å². The van der Waals surface area contributed by atoms with Gasteiger partial charge in [0.05, 0.1) is 17.4 Å². The highest BCUT2D eigenvalue weighted by Crippen LogP contribution is 2.44. The van der Waals surface area contributed by atoms with Crippen molar-refractivity contribution < 1.29 is 19.4 Å². The van der Waals surface area contributed by atoms with E-state index in [0.29, 0.717) is 38.8 Å². The third-order valence-electron chi connectivity index (χ3n) is 10.1. The summed E-state index contributed by atoms with van der Waals surface area (Å²) in [5, 5.41) is 20.4. The van der Waals surface area contributed by atoms with Crippen molar-refractivity contribution >= 4 is 12.1 Å². The Balaban J connectivity index is 1.18. The second kappa shape index (κ2) is 13.2. The molecule has 0 radical (unpaired) electrons. The van der Waals surface area contributed by atoms with E-state index in [1.165, 1.54) is 0 Å². The third kappa shape index (κ3) is 5.44. The molecule has 0 bridgehead atoms. The van der Waals surface area contributed by atoms with Gasteiger partial charge in [0.15, 0.2) is 5.69 Å². The zero-order valence-corrected chi connectivity index (χ0v) is 27.6. The summed E-state index contributed by atoms with van der Waals surface area (Å²) in [6.45, 7) is 1.19. The Labute approximate surface area is 290 Å². The minimum atomic E-state index is -1.04. The van der Waals surface area contributed by atoms with Crippen LogP contribution in [0.5, 0.6) is 0 Å². The number of carboxylic acid groups (broad SMARTS) is 1. The molecule has 6 aromatic rings. The van der Waals surface area contributed by atoms with Crippen LogP contribution in [-0.2, 0) is 29.7 Å². The van der Waals surface area contributed by atoms with Crippen molar-refractivity contribution in [2.45, 2.75) is 43.9 Å². The first-order chi connectivity index (χ1) is 24.5. The summed E-state index contributed by atoms with van der Waals surface area (Å²) in [5.41, 5.74) is 6.74. The van der Waals surface area contributed by atoms with Crippen LogP contribution in [0.4, 0.5) is 4.79 Å². The van der Waals surface area contributed by atoms with Gasteiger partial charge in [-0.05, 0) is 47.9 Å². The molecule has 1 N–H and O–H groups in total. The molecule has 0 saturated carbocycles. The first-order valence-electron chi connectivity index (χ1n) is 17.1. The number of aryl methyl sites for hydroxylation is 1. The van der Waals surface area contributed by atoms with Crippen LogP contribution in [0, 0.1) is 0 Å². The normalized spacial score (nSPS) is 14.5. The maximum absolute atomic E-state index is 12.9. The molecule has 1 amide bonds. The molecule has 4 aromatic carbocycles. The Morgan fingerprint density at radius 1 is 0.740 bits per heavy atom. The lowest BCUT2D eigenvalue weighted by Crippen LogP contribution is -2.39. The number of rotatable bonds is 8. The molecule has 0 unspecified atom stereocenters. The first-order valence-corrected chi connectivity index (χ1v) is 17.1. The maximum Gasteiger partial charge on any atom is 0.410 e. The molecule has 3 heterocycles. The fraction of sp³-hybridized carbons (Fsp3) is 0.220. The van der Waals surface area contributed by atoms with Gasteiger partial charge >= 0.3 is 12.1 Å². The van der Waals surface area contributed by atoms with Gasteiger partial charge in [-0.1, -0.05) is 121 Å². The number of carbonyl (C=O) groups excluding carboxylic acids is 1. The van der Waals surface area contributed by atoms with Crippen LogP contribution >= 0.6 is 0 Å². The maximum atomic E-state index is 12.9. The minimum Gasteiger partial charge on any atom is -0.476 e. The smallest absolute Gasteiger partial charge is 0.410 e. The molecule has 0 atom stereocenters. The number of carbonyl (C=O) groups is 2. The summed E-state index contributed by atoms with van der Waals surface area (Å²) in [5.74, 6) is -1.04. The number of aromatic nitrogens is 4. The van der Waals surface area contributed by atoms with Crippen molar-refractivity contribution in [3.8, 4) is 11.3 Å². The highest BCUT2D eigenvalue weighted by molar-refractivity contribution is 5.90. The SMILES string of the molecule is O=C(O)c1nn(C2CCN(C(=O)OCc3ccccc3)CC2)c2c1CCc1nn(C(c3ccccc3)(c3ccccc3)c3ccccc3)cc1-2. The molecule has 1 saturated heterocycles. The van der Waals surface area contributed by atoms with E-state index < -0.39 is 11.5 Å². The predicted molar refractivity (Wildman–Crippen MR) is 189 cm³/mol. The molecular formula is C41H37N5O4. The average molecular weight is 664 g/mol. The van der Waals surface area contributed by atoms with E-state index in [-0.39, 0.29) is 24.4 Å². The summed E-state index contributed by atoms with van der Waals surface area (Å²) < 4.78 is 9.57. The highest BCUT2D eigenvalue weighted by Gasteiger charge is 2.42. The fourth-order valence-electron chi connectivity index (χ4n) is 7.67. The highest BCUT2D eigenvalue weighted by atomic mass is 16.6. The van der Waals surface area contributed by atoms with Crippen molar-refractivity contribution in [1.82, 2.24) is 24.5 Å². The van der Waals surface area contributed by atoms with Gasteiger partial charge < -0.3 is 14.7 Å². The number of carboxylic acids is 1. The number of benzene rings is 4. The molecule has 8 rings (SSSR count). The summed E-state index contributed by atoms with van der Waals surface area (Å²) >= 11 is 0. The van der Waals surface area contributed by atoms with Gasteiger partial charge in [0, 0.05) is 30.4 Å². The lowest BCUT2D eigenvalue weighted by atomic mass is 9.77. The second-order valence-electron chi connectivity index (χ2n) is 12.9. The van der Waals surface area contributed by atoms with Crippen molar-refractivity contribution in [3.63, 3.8) is 0 Å². The van der Waals surface area contributed by atoms with Gasteiger partial charge in [-0.3, -0.25) is 9.36 Å². The summed E-state index contributed by atoms with van der Waals surface area (Å²) in [6, 6.07) is 40.7. The first kappa shape index (κ1) is 31.3. The summed E-state index contributed by atoms with van der Waals surface area (Å²) in [4.78, 5) is 27.2. The van der Waals surface area contributed by atoms with Crippen LogP contribution < -0.4 is 0 Å². The zero-order valence-electron chi connectivity index (χ0n) is 27.6. The largest absolute Gasteiger partial charge is 0.476 e. The van der Waals surface area contributed by atoms with Crippen LogP contribution in [0.3, 0.4) is 0 Å². The van der Waals surface area contributed by atoms with Gasteiger partial charge in [-0.2, -0.15) is 10.2 Å². The Hall–Kier alpha value is -5.96. The average Bonchev–Trinajstić information content (AvgIpc) is 3.79. The molecule has 0 spiro atoms. The van der Waals surface area contributed by atoms with Crippen molar-refractivity contribution in [2.75, 3.05) is 13.1 Å². The number of piperidine rings is 1. The van der Waals surface area contributed by atoms with E-state index in [0.717, 1.165) is 44.8 Å². The Morgan fingerprint density at radius 3 is 1.82 bits per heavy atom. The molecular weight excluding hydrogens is 626 g/mol. The van der Waals surface area contributed by atoms with Crippen LogP contribution in [0.2, 0.25) is 0 Å². The minimum absolute atomic E-state index is 0.0866. The van der Waals surface area contributed by atoms with Crippen LogP contribution in [0.1, 0.15) is 62.9 Å². The molecule has 9 nitrogen and oxygen atoms in total. The molecule has 2 aromatic heterocycles. The number of aromatic carboxylic acids is 1. The van der Waals surface area contributed by atoms with Crippen molar-refractivity contribution in [2.24, 2.45) is 0 Å². The number of hydrogen-bond donors (Lipinski definition) is 1. The second-order valence-corrected chi connectivity index (χ2v) is 12.9. The van der Waals surface area contributed by atoms with E-state index in [2.05, 4.69) is 83.7 Å².